The number of carbonyl (C=O) groups excluding carboxylic acids is 2. The highest BCUT2D eigenvalue weighted by atomic mass is 32.1. The van der Waals surface area contributed by atoms with Gasteiger partial charge in [0, 0.05) is 6.92 Å². The maximum Gasteiger partial charge on any atom is 0.346 e. The van der Waals surface area contributed by atoms with Gasteiger partial charge in [-0.05, 0) is 37.6 Å². The molecule has 7 nitrogen and oxygen atoms in total. The van der Waals surface area contributed by atoms with Gasteiger partial charge in [-0.1, -0.05) is 36.0 Å². The van der Waals surface area contributed by atoms with Crippen LogP contribution in [0, 0.1) is 13.8 Å². The quantitative estimate of drug-likeness (QED) is 0.245. The monoisotopic (exact) mass is 500 g/mol. The predicted octanol–water partition coefficient (Wildman–Crippen LogP) is 4.32. The molecule has 34 heavy (non-hydrogen) atoms. The number of aromatic nitrogens is 2. The summed E-state index contributed by atoms with van der Waals surface area (Å²) in [6.07, 6.45) is 4.50. The molecule has 0 saturated carbocycles. The fourth-order valence-electron chi connectivity index (χ4n) is 3.84. The highest BCUT2D eigenvalue weighted by Crippen LogP contribution is 2.28. The summed E-state index contributed by atoms with van der Waals surface area (Å²) in [6, 6.07) is 6.71. The lowest BCUT2D eigenvalue weighted by Crippen LogP contribution is -2.47. The third-order valence-electron chi connectivity index (χ3n) is 5.75. The van der Waals surface area contributed by atoms with Gasteiger partial charge in [0.1, 0.15) is 0 Å². The number of carbonyl (C=O) groups is 2. The van der Waals surface area contributed by atoms with E-state index in [9.17, 15) is 14.7 Å². The molecule has 0 bridgehead atoms. The number of hydrogen-bond donors (Lipinski definition) is 1. The summed E-state index contributed by atoms with van der Waals surface area (Å²) in [6.45, 7) is 6.27. The van der Waals surface area contributed by atoms with E-state index in [1.165, 1.54) is 23.9 Å². The molecule has 4 aromatic heterocycles. The molecule has 1 N–H and O–H groups in total. The zero-order valence-corrected chi connectivity index (χ0v) is 21.1. The van der Waals surface area contributed by atoms with Crippen LogP contribution >= 0.6 is 22.7 Å². The van der Waals surface area contributed by atoms with Crippen LogP contribution in [-0.4, -0.2) is 22.8 Å². The van der Waals surface area contributed by atoms with Gasteiger partial charge in [0.05, 0.1) is 35.3 Å². The highest BCUT2D eigenvalue weighted by Gasteiger charge is 2.36. The molecule has 0 radical (unpaired) electrons. The number of nitrogens with zero attached hydrogens (tertiary/aromatic N) is 2. The first-order chi connectivity index (χ1) is 16.4. The Hall–Kier alpha value is -2.88. The molecule has 0 fully saturated rings. The van der Waals surface area contributed by atoms with Crippen LogP contribution < -0.4 is 9.13 Å². The third-order valence-corrected chi connectivity index (χ3v) is 8.12. The summed E-state index contributed by atoms with van der Waals surface area (Å²) < 4.78 is 14.6. The van der Waals surface area contributed by atoms with Gasteiger partial charge in [0.15, 0.2) is 22.9 Å². The molecule has 0 aliphatic heterocycles. The van der Waals surface area contributed by atoms with Crippen molar-refractivity contribution in [2.75, 3.05) is 0 Å². The molecule has 0 aromatic carbocycles. The average Bonchev–Trinajstić information content (AvgIpc) is 3.60. The normalized spacial score (nSPS) is 12.2. The molecular formula is C25H28N2O5S2+2. The Bertz CT molecular complexity index is 1270. The van der Waals surface area contributed by atoms with E-state index in [-0.39, 0.29) is 24.7 Å². The predicted molar refractivity (Wildman–Crippen MR) is 128 cm³/mol. The van der Waals surface area contributed by atoms with E-state index in [0.717, 1.165) is 32.7 Å². The molecule has 4 heterocycles. The first-order valence-electron chi connectivity index (χ1n) is 11.2. The Morgan fingerprint density at radius 3 is 2.18 bits per heavy atom. The van der Waals surface area contributed by atoms with Crippen LogP contribution in [0.1, 0.15) is 57.1 Å². The third kappa shape index (κ3) is 5.11. The average molecular weight is 501 g/mol. The fourth-order valence-corrected chi connectivity index (χ4v) is 6.16. The van der Waals surface area contributed by atoms with Crippen molar-refractivity contribution < 1.29 is 32.7 Å². The van der Waals surface area contributed by atoms with Gasteiger partial charge in [-0.15, -0.1) is 0 Å². The maximum atomic E-state index is 13.0. The van der Waals surface area contributed by atoms with Crippen LogP contribution in [0.5, 0.6) is 0 Å². The Balaban J connectivity index is 1.74. The van der Waals surface area contributed by atoms with Crippen molar-refractivity contribution in [3.05, 3.63) is 70.0 Å². The second-order valence-electron chi connectivity index (χ2n) is 8.20. The largest absolute Gasteiger partial charge is 0.461 e. The molecule has 1 unspecified atom stereocenters. The molecule has 0 saturated heterocycles. The molecule has 4 aromatic rings. The number of Topliss-reactive ketones (excluding diaryl/α,β-unsaturated/α-hetero) is 2. The van der Waals surface area contributed by atoms with Crippen molar-refractivity contribution in [1.29, 1.82) is 0 Å². The lowest BCUT2D eigenvalue weighted by atomic mass is 10.1. The Labute approximate surface area is 205 Å². The van der Waals surface area contributed by atoms with Crippen molar-refractivity contribution in [3.63, 3.8) is 0 Å². The smallest absolute Gasteiger partial charge is 0.346 e. The molecule has 9 heteroatoms. The number of furan rings is 2. The van der Waals surface area contributed by atoms with E-state index in [2.05, 4.69) is 0 Å². The number of aryl methyl sites for hydroxylation is 1. The SMILES string of the molecule is CCCC(O)Cc1csc(-c2sc(C)c(C)[n+]2CC(=O)c2ccco2)[n+]1CC(=O)c1ccco1. The number of aliphatic hydroxyl groups excluding tert-OH is 1. The molecule has 0 aliphatic rings. The first-order valence-corrected chi connectivity index (χ1v) is 12.9. The van der Waals surface area contributed by atoms with E-state index in [1.807, 2.05) is 35.3 Å². The number of rotatable bonds is 11. The Kier molecular flexibility index (Phi) is 7.55. The summed E-state index contributed by atoms with van der Waals surface area (Å²) in [4.78, 5) is 26.9. The van der Waals surface area contributed by atoms with Crippen molar-refractivity contribution in [1.82, 2.24) is 0 Å². The number of ketones is 2. The van der Waals surface area contributed by atoms with Gasteiger partial charge in [-0.3, -0.25) is 9.59 Å². The van der Waals surface area contributed by atoms with Gasteiger partial charge in [-0.2, -0.15) is 9.13 Å². The van der Waals surface area contributed by atoms with E-state index in [1.54, 1.807) is 35.6 Å². The minimum atomic E-state index is -0.489. The molecule has 0 aliphatic carbocycles. The van der Waals surface area contributed by atoms with Crippen LogP contribution in [0.3, 0.4) is 0 Å². The second kappa shape index (κ2) is 10.6. The van der Waals surface area contributed by atoms with Gasteiger partial charge < -0.3 is 13.9 Å². The van der Waals surface area contributed by atoms with Gasteiger partial charge in [0.2, 0.25) is 13.1 Å². The number of aliphatic hydroxyl groups is 1. The molecule has 4 rings (SSSR count). The molecule has 0 amide bonds. The summed E-state index contributed by atoms with van der Waals surface area (Å²) in [7, 11) is 0. The standard InChI is InChI=1S/C25H28N2O5S2/c1-4-7-19(28)12-18-15-33-24(27(18)14-21(30)23-9-6-11-32-23)25-26(16(2)17(3)34-25)13-20(29)22-8-5-10-31-22/h5-6,8-11,15,19,28H,4,7,12-14H2,1-3H3/q+2. The van der Waals surface area contributed by atoms with E-state index >= 15 is 0 Å². The molecular weight excluding hydrogens is 472 g/mol. The second-order valence-corrected chi connectivity index (χ2v) is 10.3. The van der Waals surface area contributed by atoms with Crippen LogP contribution in [0.2, 0.25) is 0 Å². The Morgan fingerprint density at radius 1 is 1.00 bits per heavy atom. The maximum absolute atomic E-state index is 13.0. The van der Waals surface area contributed by atoms with E-state index in [0.29, 0.717) is 24.4 Å². The summed E-state index contributed by atoms with van der Waals surface area (Å²) in [5, 5.41) is 14.2. The van der Waals surface area contributed by atoms with E-state index in [4.69, 9.17) is 8.83 Å². The summed E-state index contributed by atoms with van der Waals surface area (Å²) in [5.74, 6) is 0.343. The fraction of sp³-hybridized carbons (Fsp3) is 0.360. The lowest BCUT2D eigenvalue weighted by Gasteiger charge is -2.06. The van der Waals surface area contributed by atoms with Crippen LogP contribution in [0.25, 0.3) is 10.0 Å². The van der Waals surface area contributed by atoms with Crippen molar-refractivity contribution in [3.8, 4) is 10.0 Å². The highest BCUT2D eigenvalue weighted by molar-refractivity contribution is 7.20. The van der Waals surface area contributed by atoms with Crippen molar-refractivity contribution in [2.45, 2.75) is 59.2 Å². The van der Waals surface area contributed by atoms with Crippen LogP contribution in [0.4, 0.5) is 0 Å². The molecule has 0 spiro atoms. The summed E-state index contributed by atoms with van der Waals surface area (Å²) in [5.41, 5.74) is 1.87. The summed E-state index contributed by atoms with van der Waals surface area (Å²) >= 11 is 3.10. The lowest BCUT2D eigenvalue weighted by molar-refractivity contribution is -0.702. The topological polar surface area (TPSA) is 88.4 Å². The molecule has 178 valence electrons. The van der Waals surface area contributed by atoms with Crippen LogP contribution in [-0.2, 0) is 19.5 Å². The zero-order valence-electron chi connectivity index (χ0n) is 19.4. The molecule has 1 atom stereocenters. The van der Waals surface area contributed by atoms with Gasteiger partial charge in [0.25, 0.3) is 11.6 Å². The van der Waals surface area contributed by atoms with Crippen LogP contribution in [0.15, 0.2) is 51.0 Å². The van der Waals surface area contributed by atoms with Gasteiger partial charge in [-0.25, -0.2) is 0 Å². The minimum Gasteiger partial charge on any atom is -0.461 e. The number of thiazole rings is 2. The Morgan fingerprint density at radius 2 is 1.62 bits per heavy atom. The zero-order chi connectivity index (χ0) is 24.2. The first kappa shape index (κ1) is 24.3. The van der Waals surface area contributed by atoms with E-state index < -0.39 is 6.10 Å². The van der Waals surface area contributed by atoms with Crippen molar-refractivity contribution in [2.24, 2.45) is 0 Å². The number of hydrogen-bond acceptors (Lipinski definition) is 7. The minimum absolute atomic E-state index is 0.0860. The van der Waals surface area contributed by atoms with Gasteiger partial charge >= 0.3 is 10.0 Å². The van der Waals surface area contributed by atoms with Crippen molar-refractivity contribution >= 4 is 34.2 Å².